The van der Waals surface area contributed by atoms with Crippen LogP contribution in [0.1, 0.15) is 27.7 Å². The van der Waals surface area contributed by atoms with Crippen LogP contribution in [0.2, 0.25) is 0 Å². The number of carbonyl (C=O) groups excluding carboxylic acids is 2. The first kappa shape index (κ1) is 20.0. The Morgan fingerprint density at radius 2 is 1.80 bits per heavy atom. The van der Waals surface area contributed by atoms with E-state index < -0.39 is 58.5 Å². The summed E-state index contributed by atoms with van der Waals surface area (Å²) in [4.78, 5) is 22.4. The van der Waals surface area contributed by atoms with Crippen molar-refractivity contribution in [2.24, 2.45) is 0 Å². The third kappa shape index (κ3) is 5.35. The van der Waals surface area contributed by atoms with Crippen molar-refractivity contribution >= 4 is 22.1 Å². The molecule has 0 aromatic heterocycles. The van der Waals surface area contributed by atoms with Crippen LogP contribution < -0.4 is 0 Å². The highest BCUT2D eigenvalue weighted by molar-refractivity contribution is 7.86. The van der Waals surface area contributed by atoms with Gasteiger partial charge in [0.15, 0.2) is 18.2 Å². The van der Waals surface area contributed by atoms with Crippen molar-refractivity contribution in [1.82, 2.24) is 0 Å². The normalized spacial score (nSPS) is 32.0. The molecule has 25 heavy (non-hydrogen) atoms. The molecule has 2 fully saturated rings. The molecule has 5 atom stereocenters. The molecule has 0 amide bonds. The predicted molar refractivity (Wildman–Crippen MR) is 80.6 cm³/mol. The van der Waals surface area contributed by atoms with Crippen LogP contribution in [0.15, 0.2) is 0 Å². The molecule has 0 aromatic rings. The Morgan fingerprint density at radius 1 is 1.16 bits per heavy atom. The van der Waals surface area contributed by atoms with Crippen molar-refractivity contribution in [2.45, 2.75) is 64.2 Å². The summed E-state index contributed by atoms with van der Waals surface area (Å²) >= 11 is 0. The summed E-state index contributed by atoms with van der Waals surface area (Å²) in [6, 6.07) is 0. The standard InChI is InChI=1S/C14H22O10S/c1-7(15)19-6-9(20-8(2)16)10-11(24-25(5,17)18)12-13(21-10)23-14(3,4)22-12/h9-13H,6H2,1-5H3/t9-,10+,11-,12+,13+/m0/s1. The van der Waals surface area contributed by atoms with Gasteiger partial charge in [0.05, 0.1) is 6.26 Å². The molecule has 144 valence electrons. The van der Waals surface area contributed by atoms with E-state index in [4.69, 9.17) is 27.9 Å². The van der Waals surface area contributed by atoms with Gasteiger partial charge in [-0.15, -0.1) is 0 Å². The van der Waals surface area contributed by atoms with E-state index in [9.17, 15) is 18.0 Å². The van der Waals surface area contributed by atoms with Crippen molar-refractivity contribution in [3.05, 3.63) is 0 Å². The minimum absolute atomic E-state index is 0.327. The molecule has 0 radical (unpaired) electrons. The highest BCUT2D eigenvalue weighted by Crippen LogP contribution is 2.40. The molecule has 0 aliphatic carbocycles. The second-order valence-corrected chi connectivity index (χ2v) is 7.89. The van der Waals surface area contributed by atoms with Gasteiger partial charge in [0.1, 0.15) is 24.9 Å². The number of hydrogen-bond donors (Lipinski definition) is 0. The van der Waals surface area contributed by atoms with Crippen LogP contribution in [0.3, 0.4) is 0 Å². The largest absolute Gasteiger partial charge is 0.462 e. The molecule has 0 bridgehead atoms. The zero-order valence-corrected chi connectivity index (χ0v) is 15.4. The summed E-state index contributed by atoms with van der Waals surface area (Å²) in [6.45, 7) is 5.31. The van der Waals surface area contributed by atoms with Gasteiger partial charge in [0.2, 0.25) is 0 Å². The first-order valence-electron chi connectivity index (χ1n) is 7.58. The van der Waals surface area contributed by atoms with Crippen LogP contribution in [0.25, 0.3) is 0 Å². The van der Waals surface area contributed by atoms with Crippen molar-refractivity contribution in [1.29, 1.82) is 0 Å². The van der Waals surface area contributed by atoms with Crippen molar-refractivity contribution in [3.63, 3.8) is 0 Å². The van der Waals surface area contributed by atoms with Crippen molar-refractivity contribution in [2.75, 3.05) is 12.9 Å². The molecule has 0 N–H and O–H groups in total. The first-order valence-corrected chi connectivity index (χ1v) is 9.39. The number of ether oxygens (including phenoxy) is 5. The Hall–Kier alpha value is -1.27. The summed E-state index contributed by atoms with van der Waals surface area (Å²) in [6.07, 6.45) is -4.18. The lowest BCUT2D eigenvalue weighted by atomic mass is 10.1. The smallest absolute Gasteiger partial charge is 0.303 e. The molecule has 2 heterocycles. The van der Waals surface area contributed by atoms with Gasteiger partial charge >= 0.3 is 11.9 Å². The lowest BCUT2D eigenvalue weighted by Crippen LogP contribution is -2.47. The maximum atomic E-state index is 11.6. The van der Waals surface area contributed by atoms with Gasteiger partial charge in [-0.2, -0.15) is 8.42 Å². The number of rotatable bonds is 6. The van der Waals surface area contributed by atoms with E-state index in [1.807, 2.05) is 0 Å². The zero-order chi connectivity index (χ0) is 19.0. The van der Waals surface area contributed by atoms with Crippen LogP contribution in [-0.2, 0) is 47.6 Å². The third-order valence-corrected chi connectivity index (χ3v) is 4.02. The van der Waals surface area contributed by atoms with Gasteiger partial charge in [-0.3, -0.25) is 13.8 Å². The molecule has 0 spiro atoms. The van der Waals surface area contributed by atoms with E-state index >= 15 is 0 Å². The van der Waals surface area contributed by atoms with E-state index in [0.717, 1.165) is 6.26 Å². The van der Waals surface area contributed by atoms with E-state index in [0.29, 0.717) is 0 Å². The van der Waals surface area contributed by atoms with Crippen LogP contribution in [-0.4, -0.2) is 69.7 Å². The fourth-order valence-electron chi connectivity index (χ4n) is 2.72. The minimum Gasteiger partial charge on any atom is -0.462 e. The van der Waals surface area contributed by atoms with E-state index in [-0.39, 0.29) is 6.61 Å². The van der Waals surface area contributed by atoms with Crippen LogP contribution in [0, 0.1) is 0 Å². The quantitative estimate of drug-likeness (QED) is 0.447. The predicted octanol–water partition coefficient (Wildman–Crippen LogP) is -0.298. The van der Waals surface area contributed by atoms with Gasteiger partial charge < -0.3 is 23.7 Å². The second kappa shape index (κ2) is 7.16. The Bertz CT molecular complexity index is 628. The molecule has 0 aromatic carbocycles. The molecular formula is C14H22O10S. The Kier molecular flexibility index (Phi) is 5.74. The van der Waals surface area contributed by atoms with Crippen molar-refractivity contribution < 1.29 is 45.9 Å². The summed E-state index contributed by atoms with van der Waals surface area (Å²) in [5, 5.41) is 0. The average Bonchev–Trinajstić information content (AvgIpc) is 2.86. The van der Waals surface area contributed by atoms with Gasteiger partial charge in [-0.25, -0.2) is 0 Å². The SMILES string of the molecule is CC(=O)OC[C@H](OC(C)=O)[C@H]1O[C@@H]2OC(C)(C)O[C@@H]2[C@H]1OS(C)(=O)=O. The summed E-state index contributed by atoms with van der Waals surface area (Å²) in [5.41, 5.74) is 0. The van der Waals surface area contributed by atoms with Gasteiger partial charge in [-0.05, 0) is 13.8 Å². The third-order valence-electron chi connectivity index (χ3n) is 3.45. The molecule has 0 saturated carbocycles. The fraction of sp³-hybridized carbons (Fsp3) is 0.857. The Labute approximate surface area is 145 Å². The van der Waals surface area contributed by atoms with E-state index in [1.54, 1.807) is 13.8 Å². The second-order valence-electron chi connectivity index (χ2n) is 6.28. The molecular weight excluding hydrogens is 360 g/mol. The molecule has 2 aliphatic rings. The van der Waals surface area contributed by atoms with Gasteiger partial charge in [-0.1, -0.05) is 0 Å². The van der Waals surface area contributed by atoms with Crippen LogP contribution >= 0.6 is 0 Å². The highest BCUT2D eigenvalue weighted by atomic mass is 32.2. The lowest BCUT2D eigenvalue weighted by molar-refractivity contribution is -0.229. The number of fused-ring (bicyclic) bond motifs is 1. The van der Waals surface area contributed by atoms with Gasteiger partial charge in [0.25, 0.3) is 10.1 Å². The maximum absolute atomic E-state index is 11.6. The Balaban J connectivity index is 2.25. The fourth-order valence-corrected chi connectivity index (χ4v) is 3.35. The number of hydrogen-bond acceptors (Lipinski definition) is 10. The lowest BCUT2D eigenvalue weighted by Gasteiger charge is -2.29. The topological polar surface area (TPSA) is 124 Å². The molecule has 2 saturated heterocycles. The minimum atomic E-state index is -3.87. The van der Waals surface area contributed by atoms with Crippen molar-refractivity contribution in [3.8, 4) is 0 Å². The van der Waals surface area contributed by atoms with Crippen LogP contribution in [0.4, 0.5) is 0 Å². The molecule has 2 rings (SSSR count). The molecule has 2 aliphatic heterocycles. The zero-order valence-electron chi connectivity index (χ0n) is 14.6. The Morgan fingerprint density at radius 3 is 2.32 bits per heavy atom. The summed E-state index contributed by atoms with van der Waals surface area (Å²) in [5.74, 6) is -2.24. The van der Waals surface area contributed by atoms with E-state index in [2.05, 4.69) is 0 Å². The number of esters is 2. The van der Waals surface area contributed by atoms with E-state index in [1.165, 1.54) is 13.8 Å². The number of carbonyl (C=O) groups is 2. The average molecular weight is 382 g/mol. The monoisotopic (exact) mass is 382 g/mol. The maximum Gasteiger partial charge on any atom is 0.303 e. The van der Waals surface area contributed by atoms with Crippen LogP contribution in [0.5, 0.6) is 0 Å². The molecule has 11 heteroatoms. The molecule has 0 unspecified atom stereocenters. The highest BCUT2D eigenvalue weighted by Gasteiger charge is 2.59. The molecule has 10 nitrogen and oxygen atoms in total. The first-order chi connectivity index (χ1) is 11.4. The summed E-state index contributed by atoms with van der Waals surface area (Å²) < 4.78 is 55.2. The summed E-state index contributed by atoms with van der Waals surface area (Å²) in [7, 11) is -3.87. The van der Waals surface area contributed by atoms with Gasteiger partial charge in [0, 0.05) is 13.8 Å².